The van der Waals surface area contributed by atoms with E-state index in [4.69, 9.17) is 23.2 Å². The average molecular weight is 432 g/mol. The third kappa shape index (κ3) is 5.36. The van der Waals surface area contributed by atoms with Crippen LogP contribution in [0, 0.1) is 5.82 Å². The van der Waals surface area contributed by atoms with E-state index in [9.17, 15) is 8.96 Å². The van der Waals surface area contributed by atoms with Gasteiger partial charge in [0.2, 0.25) is 7.29 Å². The Morgan fingerprint density at radius 2 is 1.18 bits per heavy atom. The van der Waals surface area contributed by atoms with Crippen LogP contribution in [0.25, 0.3) is 10.1 Å². The lowest BCUT2D eigenvalue weighted by molar-refractivity contribution is 0.588. The molecule has 0 radical (unpaired) electrons. The fraction of sp³-hybridized carbons (Fsp3) is 0. The minimum Gasteiger partial charge on any atom is -0.328 e. The minimum absolute atomic E-state index is 0.105. The molecule has 0 amide bonds. The molecule has 3 aromatic carbocycles. The van der Waals surface area contributed by atoms with Gasteiger partial charge in [-0.2, -0.15) is 0 Å². The van der Waals surface area contributed by atoms with Crippen LogP contribution in [0.15, 0.2) is 96.6 Å². The topological polar surface area (TPSA) is 29.1 Å². The van der Waals surface area contributed by atoms with E-state index < -0.39 is 13.1 Å². The van der Waals surface area contributed by atoms with E-state index in [1.807, 2.05) is 36.4 Å². The van der Waals surface area contributed by atoms with Crippen LogP contribution in [0.5, 0.6) is 0 Å². The Morgan fingerprint density at radius 1 is 0.750 bits per heavy atom. The summed E-state index contributed by atoms with van der Waals surface area (Å²) in [6.45, 7) is 0. The molecular formula is C22H17Cl2FNOP. The fourth-order valence-electron chi connectivity index (χ4n) is 2.52. The van der Waals surface area contributed by atoms with E-state index in [0.717, 1.165) is 0 Å². The van der Waals surface area contributed by atoms with Gasteiger partial charge in [0, 0.05) is 11.6 Å². The molecule has 2 nitrogen and oxygen atoms in total. The van der Waals surface area contributed by atoms with E-state index in [-0.39, 0.29) is 15.8 Å². The molecule has 0 spiro atoms. The number of anilines is 1. The summed E-state index contributed by atoms with van der Waals surface area (Å²) in [7, 11) is -3.49. The van der Waals surface area contributed by atoms with Crippen molar-refractivity contribution >= 4 is 46.2 Å². The minimum atomic E-state index is -3.49. The molecule has 0 saturated carbocycles. The van der Waals surface area contributed by atoms with Gasteiger partial charge < -0.3 is 5.09 Å². The maximum absolute atomic E-state index is 14.1. The summed E-state index contributed by atoms with van der Waals surface area (Å²) in [5.74, 6) is 2.26. The normalized spacial score (nSPS) is 12.7. The van der Waals surface area contributed by atoms with Crippen LogP contribution in [-0.2, 0) is 4.57 Å². The summed E-state index contributed by atoms with van der Waals surface area (Å²) in [4.78, 5) is 0. The Labute approximate surface area is 173 Å². The first-order valence-corrected chi connectivity index (χ1v) is 11.1. The molecule has 3 aromatic rings. The molecule has 0 bridgehead atoms. The maximum atomic E-state index is 14.1. The molecule has 0 fully saturated rings. The second kappa shape index (κ2) is 9.25. The van der Waals surface area contributed by atoms with Crippen LogP contribution < -0.4 is 5.09 Å². The Balaban J connectivity index is 2.05. The fourth-order valence-corrected chi connectivity index (χ4v) is 5.38. The number of para-hydroxylation sites is 1. The van der Waals surface area contributed by atoms with Gasteiger partial charge >= 0.3 is 0 Å². The van der Waals surface area contributed by atoms with Crippen molar-refractivity contribution in [3.8, 4) is 0 Å². The molecule has 0 aliphatic rings. The number of nitrogens with one attached hydrogen (secondary N) is 1. The van der Waals surface area contributed by atoms with Crippen molar-refractivity contribution in [2.45, 2.75) is 0 Å². The molecule has 28 heavy (non-hydrogen) atoms. The van der Waals surface area contributed by atoms with E-state index in [1.54, 1.807) is 36.4 Å². The largest absolute Gasteiger partial charge is 0.328 e. The third-order valence-electron chi connectivity index (χ3n) is 3.88. The van der Waals surface area contributed by atoms with E-state index in [1.165, 1.54) is 23.8 Å². The highest BCUT2D eigenvalue weighted by molar-refractivity contribution is 7.72. The molecule has 3 rings (SSSR count). The Kier molecular flexibility index (Phi) is 6.74. The predicted molar refractivity (Wildman–Crippen MR) is 118 cm³/mol. The summed E-state index contributed by atoms with van der Waals surface area (Å²) < 4.78 is 27.9. The van der Waals surface area contributed by atoms with E-state index in [2.05, 4.69) is 5.09 Å². The van der Waals surface area contributed by atoms with Crippen LogP contribution in [0.3, 0.4) is 0 Å². The number of benzene rings is 3. The Hall–Kier alpha value is -2.32. The van der Waals surface area contributed by atoms with Gasteiger partial charge in [0.05, 0.1) is 15.8 Å². The standard InChI is InChI=1S/C22H17Cl2FNOP/c23-19(17-9-3-1-4-10-17)15-28(27,26-22-14-8-7-13-21(22)25)16-20(24)18-11-5-2-6-12-18/h1-16H,(H,26,27)/b19-15-,20-16-. The lowest BCUT2D eigenvalue weighted by Gasteiger charge is -2.16. The molecule has 0 heterocycles. The molecule has 6 heteroatoms. The monoisotopic (exact) mass is 431 g/mol. The van der Waals surface area contributed by atoms with Crippen molar-refractivity contribution in [3.63, 3.8) is 0 Å². The Bertz CT molecular complexity index is 993. The molecule has 0 aliphatic carbocycles. The molecule has 1 N–H and O–H groups in total. The quantitative estimate of drug-likeness (QED) is 0.400. The van der Waals surface area contributed by atoms with E-state index in [0.29, 0.717) is 11.1 Å². The molecule has 0 aliphatic heterocycles. The smallest absolute Gasteiger partial charge is 0.216 e. The number of hydrogen-bond donors (Lipinski definition) is 1. The number of rotatable bonds is 6. The maximum Gasteiger partial charge on any atom is 0.216 e. The lowest BCUT2D eigenvalue weighted by Crippen LogP contribution is -1.96. The van der Waals surface area contributed by atoms with Crippen molar-refractivity contribution in [3.05, 3.63) is 114 Å². The summed E-state index contributed by atoms with van der Waals surface area (Å²) in [5.41, 5.74) is 1.50. The van der Waals surface area contributed by atoms with Crippen LogP contribution in [0.4, 0.5) is 10.1 Å². The van der Waals surface area contributed by atoms with Crippen LogP contribution in [0.2, 0.25) is 0 Å². The molecule has 0 aromatic heterocycles. The number of hydrogen-bond acceptors (Lipinski definition) is 1. The Morgan fingerprint density at radius 3 is 1.64 bits per heavy atom. The summed E-state index contributed by atoms with van der Waals surface area (Å²) in [6, 6.07) is 24.2. The second-order valence-corrected chi connectivity index (χ2v) is 8.96. The first-order chi connectivity index (χ1) is 13.5. The first-order valence-electron chi connectivity index (χ1n) is 8.47. The molecule has 0 saturated heterocycles. The highest BCUT2D eigenvalue weighted by Crippen LogP contribution is 2.53. The SMILES string of the molecule is O=P(/C=C(\Cl)c1ccccc1)(/C=C(\Cl)c1ccccc1)Nc1ccccc1F. The molecule has 142 valence electrons. The zero-order chi connectivity index (χ0) is 20.0. The molecule has 0 atom stereocenters. The van der Waals surface area contributed by atoms with Gasteiger partial charge in [-0.15, -0.1) is 0 Å². The van der Waals surface area contributed by atoms with Gasteiger partial charge in [0.1, 0.15) is 5.82 Å². The van der Waals surface area contributed by atoms with E-state index >= 15 is 0 Å². The highest BCUT2D eigenvalue weighted by atomic mass is 35.5. The number of halogens is 3. The van der Waals surface area contributed by atoms with Gasteiger partial charge in [-0.1, -0.05) is 96.0 Å². The van der Waals surface area contributed by atoms with Gasteiger partial charge in [-0.25, -0.2) is 4.39 Å². The highest BCUT2D eigenvalue weighted by Gasteiger charge is 2.21. The van der Waals surface area contributed by atoms with Gasteiger partial charge in [-0.05, 0) is 23.3 Å². The summed E-state index contributed by atoms with van der Waals surface area (Å²) >= 11 is 12.8. The summed E-state index contributed by atoms with van der Waals surface area (Å²) in [6.07, 6.45) is 0. The van der Waals surface area contributed by atoms with Crippen LogP contribution in [0.1, 0.15) is 11.1 Å². The van der Waals surface area contributed by atoms with Gasteiger partial charge in [0.15, 0.2) is 0 Å². The molecule has 0 unspecified atom stereocenters. The van der Waals surface area contributed by atoms with Gasteiger partial charge in [-0.3, -0.25) is 4.57 Å². The van der Waals surface area contributed by atoms with Crippen LogP contribution in [-0.4, -0.2) is 0 Å². The van der Waals surface area contributed by atoms with Crippen molar-refractivity contribution in [2.75, 3.05) is 5.09 Å². The lowest BCUT2D eigenvalue weighted by atomic mass is 10.2. The first kappa shape index (κ1) is 20.4. The van der Waals surface area contributed by atoms with Crippen molar-refractivity contribution in [2.24, 2.45) is 0 Å². The average Bonchev–Trinajstić information content (AvgIpc) is 2.71. The van der Waals surface area contributed by atoms with Crippen molar-refractivity contribution in [1.29, 1.82) is 0 Å². The third-order valence-corrected chi connectivity index (χ3v) is 6.71. The van der Waals surface area contributed by atoms with Crippen molar-refractivity contribution < 1.29 is 8.96 Å². The summed E-state index contributed by atoms with van der Waals surface area (Å²) in [5, 5.41) is 3.34. The van der Waals surface area contributed by atoms with Crippen molar-refractivity contribution in [1.82, 2.24) is 0 Å². The van der Waals surface area contributed by atoms with Gasteiger partial charge in [0.25, 0.3) is 0 Å². The van der Waals surface area contributed by atoms with Crippen LogP contribution >= 0.6 is 30.5 Å². The zero-order valence-electron chi connectivity index (χ0n) is 14.7. The zero-order valence-corrected chi connectivity index (χ0v) is 17.1. The molecular weight excluding hydrogens is 415 g/mol. The predicted octanol–water partition coefficient (Wildman–Crippen LogP) is 7.99. The second-order valence-electron chi connectivity index (χ2n) is 5.99.